The maximum Gasteiger partial charge on any atom is 0.273 e. The molecular formula is C32H41N7O6S. The fourth-order valence-corrected chi connectivity index (χ4v) is 6.42. The lowest BCUT2D eigenvalue weighted by atomic mass is 10.0. The standard InChI is InChI=1S/C32H41N7O6S/c1-21(2)28-32-36-25(20-46-32)30(43)34-23(17-22-7-4-3-5-8-22)31-35-24(19-45-31)29(42)33-10-12-39(18-26(40)37-28)27(41)9-6-11-38-13-15-44-16-14-38/h3-5,7-8,19-21,23,28H,6,9-18H2,1-2H3,(H,33,42)(H,34,43)(H,37,40)/t23-,28-/m0/s1. The quantitative estimate of drug-likeness (QED) is 0.349. The second-order valence-electron chi connectivity index (χ2n) is 11.8. The minimum absolute atomic E-state index is 0.0369. The molecule has 3 N–H and O–H groups in total. The molecule has 2 atom stereocenters. The van der Waals surface area contributed by atoms with Gasteiger partial charge in [0.25, 0.3) is 11.8 Å². The Morgan fingerprint density at radius 1 is 1.02 bits per heavy atom. The maximum absolute atomic E-state index is 13.4. The number of hydrogen-bond acceptors (Lipinski definition) is 10. The first-order valence-electron chi connectivity index (χ1n) is 15.7. The Bertz CT molecular complexity index is 1490. The number of oxazole rings is 1. The molecule has 0 spiro atoms. The molecule has 2 aromatic heterocycles. The van der Waals surface area contributed by atoms with Gasteiger partial charge in [0.2, 0.25) is 17.7 Å². The van der Waals surface area contributed by atoms with Crippen LogP contribution in [0.5, 0.6) is 0 Å². The lowest BCUT2D eigenvalue weighted by Crippen LogP contribution is -2.45. The predicted octanol–water partition coefficient (Wildman–Crippen LogP) is 2.34. The molecule has 0 saturated carbocycles. The van der Waals surface area contributed by atoms with Gasteiger partial charge >= 0.3 is 0 Å². The van der Waals surface area contributed by atoms with Crippen molar-refractivity contribution in [1.82, 2.24) is 35.7 Å². The highest BCUT2D eigenvalue weighted by atomic mass is 32.1. The summed E-state index contributed by atoms with van der Waals surface area (Å²) in [5.41, 5.74) is 1.18. The molecule has 246 valence electrons. The van der Waals surface area contributed by atoms with Crippen LogP contribution in [0.25, 0.3) is 0 Å². The van der Waals surface area contributed by atoms with Crippen molar-refractivity contribution in [1.29, 1.82) is 0 Å². The number of carbonyl (C=O) groups excluding carboxylic acids is 4. The van der Waals surface area contributed by atoms with E-state index in [1.807, 2.05) is 44.2 Å². The molecule has 14 heteroatoms. The maximum atomic E-state index is 13.4. The van der Waals surface area contributed by atoms with Crippen molar-refractivity contribution in [2.24, 2.45) is 5.92 Å². The zero-order valence-corrected chi connectivity index (χ0v) is 27.0. The van der Waals surface area contributed by atoms with Gasteiger partial charge in [0.05, 0.1) is 25.8 Å². The van der Waals surface area contributed by atoms with Crippen LogP contribution in [0.1, 0.15) is 76.2 Å². The molecule has 46 heavy (non-hydrogen) atoms. The van der Waals surface area contributed by atoms with Crippen molar-refractivity contribution in [3.05, 3.63) is 69.8 Å². The number of amides is 4. The molecule has 0 radical (unpaired) electrons. The number of nitrogens with one attached hydrogen (secondary N) is 3. The smallest absolute Gasteiger partial charge is 0.273 e. The van der Waals surface area contributed by atoms with E-state index in [0.29, 0.717) is 31.1 Å². The van der Waals surface area contributed by atoms with E-state index in [-0.39, 0.29) is 61.1 Å². The molecule has 1 saturated heterocycles. The molecule has 0 aliphatic carbocycles. The summed E-state index contributed by atoms with van der Waals surface area (Å²) in [5.74, 6) is -1.30. The predicted molar refractivity (Wildman–Crippen MR) is 170 cm³/mol. The minimum atomic E-state index is -0.674. The summed E-state index contributed by atoms with van der Waals surface area (Å²) in [6.07, 6.45) is 2.54. The molecule has 5 rings (SSSR count). The molecule has 4 bridgehead atoms. The Morgan fingerprint density at radius 3 is 2.57 bits per heavy atom. The molecule has 1 fully saturated rings. The highest BCUT2D eigenvalue weighted by Gasteiger charge is 2.28. The van der Waals surface area contributed by atoms with E-state index < -0.39 is 23.9 Å². The Labute approximate surface area is 272 Å². The van der Waals surface area contributed by atoms with E-state index in [0.717, 1.165) is 25.2 Å². The molecule has 1 aromatic carbocycles. The summed E-state index contributed by atoms with van der Waals surface area (Å²) < 4.78 is 11.1. The van der Waals surface area contributed by atoms with Gasteiger partial charge < -0.3 is 30.0 Å². The highest BCUT2D eigenvalue weighted by molar-refractivity contribution is 7.09. The summed E-state index contributed by atoms with van der Waals surface area (Å²) in [5, 5.41) is 11.0. The third-order valence-electron chi connectivity index (χ3n) is 7.97. The number of morpholine rings is 1. The normalized spacial score (nSPS) is 20.4. The second kappa shape index (κ2) is 15.9. The molecule has 2 aliphatic rings. The zero-order valence-electron chi connectivity index (χ0n) is 26.2. The van der Waals surface area contributed by atoms with E-state index >= 15 is 0 Å². The first-order chi connectivity index (χ1) is 22.3. The van der Waals surface area contributed by atoms with E-state index in [1.54, 1.807) is 5.38 Å². The van der Waals surface area contributed by atoms with Gasteiger partial charge in [-0.25, -0.2) is 9.97 Å². The van der Waals surface area contributed by atoms with Gasteiger partial charge in [0, 0.05) is 44.4 Å². The van der Waals surface area contributed by atoms with E-state index in [2.05, 4.69) is 30.8 Å². The van der Waals surface area contributed by atoms with Gasteiger partial charge in [-0.05, 0) is 24.4 Å². The van der Waals surface area contributed by atoms with E-state index in [4.69, 9.17) is 9.15 Å². The van der Waals surface area contributed by atoms with Crippen LogP contribution in [0.15, 0.2) is 46.4 Å². The fourth-order valence-electron chi connectivity index (χ4n) is 5.40. The summed E-state index contributed by atoms with van der Waals surface area (Å²) >= 11 is 1.28. The van der Waals surface area contributed by atoms with Crippen LogP contribution in [-0.4, -0.2) is 95.9 Å². The Morgan fingerprint density at radius 2 is 1.80 bits per heavy atom. The van der Waals surface area contributed by atoms with Gasteiger partial charge in [-0.2, -0.15) is 0 Å². The summed E-state index contributed by atoms with van der Waals surface area (Å²) in [6.45, 7) is 7.78. The number of benzene rings is 1. The van der Waals surface area contributed by atoms with Crippen LogP contribution < -0.4 is 16.0 Å². The zero-order chi connectivity index (χ0) is 32.5. The van der Waals surface area contributed by atoms with Gasteiger partial charge in [0.1, 0.15) is 23.0 Å². The molecule has 3 aromatic rings. The van der Waals surface area contributed by atoms with Crippen LogP contribution in [-0.2, 0) is 20.7 Å². The third kappa shape index (κ3) is 8.98. The number of hydrogen-bond donors (Lipinski definition) is 3. The minimum Gasteiger partial charge on any atom is -0.446 e. The van der Waals surface area contributed by atoms with Crippen LogP contribution in [0, 0.1) is 5.92 Å². The number of thiazole rings is 1. The van der Waals surface area contributed by atoms with Crippen LogP contribution >= 0.6 is 11.3 Å². The summed E-state index contributed by atoms with van der Waals surface area (Å²) in [4.78, 5) is 65.8. The number of aromatic nitrogens is 2. The van der Waals surface area contributed by atoms with Crippen LogP contribution in [0.2, 0.25) is 0 Å². The number of fused-ring (bicyclic) bond motifs is 4. The first kappa shape index (κ1) is 33.2. The monoisotopic (exact) mass is 651 g/mol. The molecule has 2 aliphatic heterocycles. The fraction of sp³-hybridized carbons (Fsp3) is 0.500. The topological polar surface area (TPSA) is 159 Å². The van der Waals surface area contributed by atoms with E-state index in [1.165, 1.54) is 22.5 Å². The number of nitrogens with zero attached hydrogens (tertiary/aromatic N) is 4. The van der Waals surface area contributed by atoms with Crippen molar-refractivity contribution in [2.75, 3.05) is 52.5 Å². The average molecular weight is 652 g/mol. The number of ether oxygens (including phenoxy) is 1. The second-order valence-corrected chi connectivity index (χ2v) is 12.7. The van der Waals surface area contributed by atoms with Crippen molar-refractivity contribution < 1.29 is 28.3 Å². The van der Waals surface area contributed by atoms with Crippen LogP contribution in [0.3, 0.4) is 0 Å². The van der Waals surface area contributed by atoms with Crippen molar-refractivity contribution in [2.45, 2.75) is 45.2 Å². The lowest BCUT2D eigenvalue weighted by molar-refractivity contribution is -0.136. The van der Waals surface area contributed by atoms with Crippen LogP contribution in [0.4, 0.5) is 0 Å². The molecule has 4 heterocycles. The SMILES string of the molecule is CC(C)[C@@H]1NC(=O)CN(C(=O)CCCN2CCOCC2)CCNC(=O)c2coc(n2)[C@H](Cc2ccccc2)NC(=O)c2csc1n2. The van der Waals surface area contributed by atoms with Gasteiger partial charge in [-0.15, -0.1) is 11.3 Å². The highest BCUT2D eigenvalue weighted by Crippen LogP contribution is 2.26. The molecule has 4 amide bonds. The van der Waals surface area contributed by atoms with Crippen molar-refractivity contribution in [3.8, 4) is 0 Å². The third-order valence-corrected chi connectivity index (χ3v) is 8.90. The largest absolute Gasteiger partial charge is 0.446 e. The average Bonchev–Trinajstić information content (AvgIpc) is 3.74. The van der Waals surface area contributed by atoms with Crippen molar-refractivity contribution in [3.63, 3.8) is 0 Å². The van der Waals surface area contributed by atoms with E-state index in [9.17, 15) is 19.2 Å². The van der Waals surface area contributed by atoms with Gasteiger partial charge in [-0.3, -0.25) is 24.1 Å². The van der Waals surface area contributed by atoms with Gasteiger partial charge in [0.15, 0.2) is 5.69 Å². The number of rotatable bonds is 7. The first-order valence-corrected chi connectivity index (χ1v) is 16.6. The lowest BCUT2D eigenvalue weighted by Gasteiger charge is -2.27. The summed E-state index contributed by atoms with van der Waals surface area (Å²) in [6, 6.07) is 8.43. The Balaban J connectivity index is 1.36. The summed E-state index contributed by atoms with van der Waals surface area (Å²) in [7, 11) is 0. The number of carbonyl (C=O) groups is 4. The molecule has 13 nitrogen and oxygen atoms in total. The Kier molecular flexibility index (Phi) is 11.5. The molecular weight excluding hydrogens is 610 g/mol. The molecule has 0 unspecified atom stereocenters. The van der Waals surface area contributed by atoms with Crippen molar-refractivity contribution >= 4 is 35.0 Å². The Hall–Kier alpha value is -4.14. The van der Waals surface area contributed by atoms with Gasteiger partial charge in [-0.1, -0.05) is 44.2 Å².